The quantitative estimate of drug-likeness (QED) is 0.530. The summed E-state index contributed by atoms with van der Waals surface area (Å²) in [7, 11) is 0. The minimum atomic E-state index is -0.444. The summed E-state index contributed by atoms with van der Waals surface area (Å²) in [5.74, 6) is 0.861. The fourth-order valence-corrected chi connectivity index (χ4v) is 3.71. The van der Waals surface area contributed by atoms with Crippen molar-refractivity contribution in [1.82, 2.24) is 5.01 Å². The Balaban J connectivity index is 1.36. The number of nitrogens with one attached hydrogen (secondary N) is 1. The van der Waals surface area contributed by atoms with Crippen molar-refractivity contribution in [3.63, 3.8) is 0 Å². The first-order chi connectivity index (χ1) is 14.5. The molecule has 0 aromatic heterocycles. The van der Waals surface area contributed by atoms with Crippen LogP contribution in [0.5, 0.6) is 11.5 Å². The van der Waals surface area contributed by atoms with Crippen LogP contribution < -0.4 is 9.47 Å². The van der Waals surface area contributed by atoms with E-state index in [9.17, 15) is 4.79 Å². The summed E-state index contributed by atoms with van der Waals surface area (Å²) in [6.07, 6.45) is 1.63. The van der Waals surface area contributed by atoms with E-state index >= 15 is 0 Å². The molecule has 7 nitrogen and oxygen atoms in total. The van der Waals surface area contributed by atoms with Gasteiger partial charge in [0.2, 0.25) is 5.17 Å². The smallest absolute Gasteiger partial charge is 0.283 e. The number of carbonyl (C=O) groups is 1. The minimum Gasteiger partial charge on any atom is -0.490 e. The maximum absolute atomic E-state index is 12.3. The van der Waals surface area contributed by atoms with Crippen LogP contribution in [0, 0.1) is 5.41 Å². The van der Waals surface area contributed by atoms with E-state index < -0.39 is 5.91 Å². The third kappa shape index (κ3) is 4.39. The number of para-hydroxylation sites is 1. The lowest BCUT2D eigenvalue weighted by Gasteiger charge is -2.20. The molecule has 0 unspecified atom stereocenters. The molecule has 0 saturated carbocycles. The highest BCUT2D eigenvalue weighted by atomic mass is 35.5. The van der Waals surface area contributed by atoms with Crippen LogP contribution in [0.4, 0.5) is 0 Å². The number of carbonyl (C=O) groups excluding carboxylic acids is 1. The topological polar surface area (TPSA) is 87.3 Å². The fraction of sp³-hybridized carbons (Fsp3) is 0.143. The van der Waals surface area contributed by atoms with Crippen molar-refractivity contribution in [2.45, 2.75) is 6.92 Å². The second-order valence-electron chi connectivity index (χ2n) is 6.34. The Hall–Kier alpha value is -3.10. The molecule has 0 fully saturated rings. The molecule has 0 spiro atoms. The van der Waals surface area contributed by atoms with E-state index in [0.717, 1.165) is 10.6 Å². The van der Waals surface area contributed by atoms with Gasteiger partial charge in [-0.2, -0.15) is 15.1 Å². The van der Waals surface area contributed by atoms with Crippen LogP contribution in [-0.2, 0) is 4.79 Å². The highest BCUT2D eigenvalue weighted by Crippen LogP contribution is 2.28. The molecular weight excluding hydrogens is 424 g/mol. The summed E-state index contributed by atoms with van der Waals surface area (Å²) in [5.41, 5.74) is 0.952. The highest BCUT2D eigenvalue weighted by Gasteiger charge is 2.34. The van der Waals surface area contributed by atoms with E-state index in [0.29, 0.717) is 34.9 Å². The van der Waals surface area contributed by atoms with Crippen molar-refractivity contribution >= 4 is 51.4 Å². The molecule has 1 amide bonds. The lowest BCUT2D eigenvalue weighted by Crippen LogP contribution is -2.35. The van der Waals surface area contributed by atoms with Gasteiger partial charge in [0.05, 0.1) is 15.6 Å². The summed E-state index contributed by atoms with van der Waals surface area (Å²) in [6, 6.07) is 14.5. The summed E-state index contributed by atoms with van der Waals surface area (Å²) in [4.78, 5) is 16.3. The number of fused-ring (bicyclic) bond motifs is 1. The van der Waals surface area contributed by atoms with Crippen molar-refractivity contribution in [3.8, 4) is 11.5 Å². The standard InChI is InChI=1S/C21H17ClN4O3S/c1-13-25-26-19(23)16(20(27)24-21(26)30-13)12-14-6-8-15(9-7-14)28-10-11-29-18-5-3-2-4-17(18)22/h2-9,12,23H,10-11H2,1H3/b16-12+,23-19?. The van der Waals surface area contributed by atoms with Crippen molar-refractivity contribution in [2.24, 2.45) is 10.1 Å². The first-order valence-corrected chi connectivity index (χ1v) is 10.3. The third-order valence-corrected chi connectivity index (χ3v) is 5.33. The second-order valence-corrected chi connectivity index (χ2v) is 7.90. The molecule has 2 heterocycles. The molecular formula is C21H17ClN4O3S. The van der Waals surface area contributed by atoms with Gasteiger partial charge in [-0.25, -0.2) is 0 Å². The zero-order valence-electron chi connectivity index (χ0n) is 16.0. The number of hydrogen-bond donors (Lipinski definition) is 1. The van der Waals surface area contributed by atoms with Gasteiger partial charge in [0, 0.05) is 0 Å². The molecule has 1 N–H and O–H groups in total. The van der Waals surface area contributed by atoms with Gasteiger partial charge in [0.15, 0.2) is 5.84 Å². The van der Waals surface area contributed by atoms with Crippen molar-refractivity contribution in [3.05, 3.63) is 64.7 Å². The highest BCUT2D eigenvalue weighted by molar-refractivity contribution is 8.26. The first kappa shape index (κ1) is 20.2. The molecule has 0 aliphatic carbocycles. The molecule has 0 saturated heterocycles. The van der Waals surface area contributed by atoms with Gasteiger partial charge < -0.3 is 9.47 Å². The van der Waals surface area contributed by atoms with Gasteiger partial charge in [-0.05, 0) is 54.6 Å². The predicted octanol–water partition coefficient (Wildman–Crippen LogP) is 4.44. The number of nitrogens with zero attached hydrogens (tertiary/aromatic N) is 3. The van der Waals surface area contributed by atoms with E-state index in [4.69, 9.17) is 26.5 Å². The Kier molecular flexibility index (Phi) is 5.87. The predicted molar refractivity (Wildman–Crippen MR) is 120 cm³/mol. The normalized spacial score (nSPS) is 17.0. The summed E-state index contributed by atoms with van der Waals surface area (Å²) >= 11 is 7.32. The number of ether oxygens (including phenoxy) is 2. The van der Waals surface area contributed by atoms with Crippen LogP contribution in [0.1, 0.15) is 12.5 Å². The zero-order chi connectivity index (χ0) is 21.1. The Morgan fingerprint density at radius 1 is 1.13 bits per heavy atom. The van der Waals surface area contributed by atoms with Gasteiger partial charge in [0.25, 0.3) is 5.91 Å². The average Bonchev–Trinajstić information content (AvgIpc) is 3.11. The van der Waals surface area contributed by atoms with Crippen molar-refractivity contribution in [2.75, 3.05) is 13.2 Å². The molecule has 9 heteroatoms. The zero-order valence-corrected chi connectivity index (χ0v) is 17.5. The molecule has 2 aliphatic heterocycles. The monoisotopic (exact) mass is 440 g/mol. The van der Waals surface area contributed by atoms with Crippen LogP contribution >= 0.6 is 23.4 Å². The van der Waals surface area contributed by atoms with E-state index in [1.807, 2.05) is 31.2 Å². The Morgan fingerprint density at radius 2 is 1.87 bits per heavy atom. The largest absolute Gasteiger partial charge is 0.490 e. The summed E-state index contributed by atoms with van der Waals surface area (Å²) in [6.45, 7) is 2.52. The Labute approximate surface area is 182 Å². The fourth-order valence-electron chi connectivity index (χ4n) is 2.79. The molecule has 2 aromatic carbocycles. The first-order valence-electron chi connectivity index (χ1n) is 9.08. The van der Waals surface area contributed by atoms with Gasteiger partial charge in [0.1, 0.15) is 24.7 Å². The maximum Gasteiger partial charge on any atom is 0.283 e. The lowest BCUT2D eigenvalue weighted by atomic mass is 10.1. The number of thioether (sulfide) groups is 1. The van der Waals surface area contributed by atoms with Crippen LogP contribution in [-0.4, -0.2) is 40.2 Å². The van der Waals surface area contributed by atoms with Crippen LogP contribution in [0.15, 0.2) is 64.2 Å². The summed E-state index contributed by atoms with van der Waals surface area (Å²) < 4.78 is 11.3. The van der Waals surface area contributed by atoms with Gasteiger partial charge in [-0.3, -0.25) is 10.2 Å². The average molecular weight is 441 g/mol. The molecule has 2 aliphatic rings. The SMILES string of the molecule is CC1=NN2C(=N)/C(=C\c3ccc(OCCOc4ccccc4Cl)cc3)C(=O)N=C2S1. The molecule has 30 heavy (non-hydrogen) atoms. The van der Waals surface area contributed by atoms with Crippen molar-refractivity contribution in [1.29, 1.82) is 5.41 Å². The van der Waals surface area contributed by atoms with E-state index in [1.54, 1.807) is 30.3 Å². The number of benzene rings is 2. The van der Waals surface area contributed by atoms with E-state index in [1.165, 1.54) is 16.8 Å². The molecule has 4 rings (SSSR count). The van der Waals surface area contributed by atoms with Gasteiger partial charge >= 0.3 is 0 Å². The number of hydrogen-bond acceptors (Lipinski definition) is 6. The minimum absolute atomic E-state index is 0.0198. The number of aliphatic imine (C=N–C) groups is 1. The molecule has 0 atom stereocenters. The lowest BCUT2D eigenvalue weighted by molar-refractivity contribution is -0.114. The maximum atomic E-state index is 12.3. The number of amidine groups is 2. The Morgan fingerprint density at radius 3 is 2.63 bits per heavy atom. The number of amides is 1. The van der Waals surface area contributed by atoms with Crippen molar-refractivity contribution < 1.29 is 14.3 Å². The molecule has 2 aromatic rings. The van der Waals surface area contributed by atoms with E-state index in [-0.39, 0.29) is 11.4 Å². The molecule has 152 valence electrons. The van der Waals surface area contributed by atoms with Crippen LogP contribution in [0.25, 0.3) is 6.08 Å². The Bertz CT molecular complexity index is 1100. The second kappa shape index (κ2) is 8.73. The van der Waals surface area contributed by atoms with Gasteiger partial charge in [-0.15, -0.1) is 0 Å². The molecule has 0 radical (unpaired) electrons. The summed E-state index contributed by atoms with van der Waals surface area (Å²) in [5, 5.41) is 15.6. The van der Waals surface area contributed by atoms with Crippen LogP contribution in [0.3, 0.4) is 0 Å². The van der Waals surface area contributed by atoms with E-state index in [2.05, 4.69) is 10.1 Å². The number of rotatable bonds is 6. The third-order valence-electron chi connectivity index (χ3n) is 4.19. The molecule has 0 bridgehead atoms. The van der Waals surface area contributed by atoms with Gasteiger partial charge in [-0.1, -0.05) is 35.9 Å². The number of halogens is 1. The number of hydrazone groups is 1. The van der Waals surface area contributed by atoms with Crippen LogP contribution in [0.2, 0.25) is 5.02 Å².